The Hall–Kier alpha value is -0.204. The van der Waals surface area contributed by atoms with E-state index in [0.29, 0.717) is 38.2 Å². The summed E-state index contributed by atoms with van der Waals surface area (Å²) in [5.41, 5.74) is -0.356. The van der Waals surface area contributed by atoms with Gasteiger partial charge in [-0.2, -0.15) is 0 Å². The molecule has 0 aromatic heterocycles. The van der Waals surface area contributed by atoms with Crippen molar-refractivity contribution in [3.8, 4) is 0 Å². The summed E-state index contributed by atoms with van der Waals surface area (Å²) in [6.45, 7) is 16.5. The van der Waals surface area contributed by atoms with E-state index in [-0.39, 0.29) is 28.3 Å². The van der Waals surface area contributed by atoms with Crippen LogP contribution < -0.4 is 4.46 Å². The van der Waals surface area contributed by atoms with Crippen molar-refractivity contribution in [2.75, 3.05) is 6.61 Å². The second kappa shape index (κ2) is 10.1. The minimum absolute atomic E-state index is 0.0165. The van der Waals surface area contributed by atoms with Crippen LogP contribution in [-0.2, 0) is 18.6 Å². The van der Waals surface area contributed by atoms with Gasteiger partial charge in [-0.05, 0) is 0 Å². The molecule has 1 aromatic rings. The van der Waals surface area contributed by atoms with Crippen LogP contribution in [0.3, 0.4) is 0 Å². The van der Waals surface area contributed by atoms with Gasteiger partial charge in [-0.3, -0.25) is 0 Å². The normalized spacial score (nSPS) is 40.9. The van der Waals surface area contributed by atoms with E-state index < -0.39 is 14.8 Å². The van der Waals surface area contributed by atoms with E-state index in [4.69, 9.17) is 18.6 Å². The number of benzene rings is 1. The Kier molecular flexibility index (Phi) is 7.66. The van der Waals surface area contributed by atoms with Crippen molar-refractivity contribution in [2.24, 2.45) is 17.3 Å². The quantitative estimate of drug-likeness (QED) is 0.353. The number of fused-ring (bicyclic) bond motifs is 1. The molecule has 4 nitrogen and oxygen atoms in total. The SMILES string of the molecule is CCOC1O[C@H]2[C@H](C)CC34CCCCC(CC[C@H]([Se]c5ccccc5)[C@]23O1)C4O[Si](C)(C)C(C)(C)C. The van der Waals surface area contributed by atoms with Crippen molar-refractivity contribution in [2.45, 2.75) is 127 Å². The van der Waals surface area contributed by atoms with Gasteiger partial charge in [0, 0.05) is 0 Å². The van der Waals surface area contributed by atoms with E-state index in [0.717, 1.165) is 6.42 Å². The number of ether oxygens (including phenoxy) is 3. The number of rotatable bonds is 6. The van der Waals surface area contributed by atoms with Crippen LogP contribution in [0.15, 0.2) is 30.3 Å². The summed E-state index contributed by atoms with van der Waals surface area (Å²) in [6, 6.07) is 11.2. The van der Waals surface area contributed by atoms with Gasteiger partial charge >= 0.3 is 227 Å². The second-order valence-corrected chi connectivity index (χ2v) is 20.8. The van der Waals surface area contributed by atoms with Gasteiger partial charge < -0.3 is 0 Å². The van der Waals surface area contributed by atoms with Crippen LogP contribution in [0.25, 0.3) is 0 Å². The first kappa shape index (κ1) is 27.4. The van der Waals surface area contributed by atoms with Crippen LogP contribution in [0.1, 0.15) is 79.6 Å². The average Bonchev–Trinajstić information content (AvgIpc) is 3.21. The van der Waals surface area contributed by atoms with E-state index in [9.17, 15) is 0 Å². The summed E-state index contributed by atoms with van der Waals surface area (Å²) in [7, 11) is -1.99. The molecule has 5 rings (SSSR count). The molecule has 3 saturated carbocycles. The molecule has 1 aliphatic heterocycles. The van der Waals surface area contributed by atoms with Crippen molar-refractivity contribution < 1.29 is 18.6 Å². The Morgan fingerprint density at radius 2 is 1.83 bits per heavy atom. The Morgan fingerprint density at radius 1 is 1.08 bits per heavy atom. The third-order valence-corrected chi connectivity index (χ3v) is 17.6. The van der Waals surface area contributed by atoms with Crippen molar-refractivity contribution in [3.05, 3.63) is 30.3 Å². The van der Waals surface area contributed by atoms with Crippen molar-refractivity contribution in [1.29, 1.82) is 0 Å². The zero-order valence-electron chi connectivity index (χ0n) is 23.5. The van der Waals surface area contributed by atoms with E-state index in [2.05, 4.69) is 71.1 Å². The Bertz CT molecular complexity index is 904. The van der Waals surface area contributed by atoms with Crippen LogP contribution in [-0.4, -0.2) is 54.2 Å². The molecule has 4 aliphatic rings. The molecule has 2 spiro atoms. The van der Waals surface area contributed by atoms with Gasteiger partial charge in [0.25, 0.3) is 0 Å². The van der Waals surface area contributed by atoms with Crippen LogP contribution in [0.5, 0.6) is 0 Å². The first-order valence-electron chi connectivity index (χ1n) is 14.4. The molecule has 4 unspecified atom stereocenters. The summed E-state index contributed by atoms with van der Waals surface area (Å²) < 4.78 is 29.1. The molecule has 0 N–H and O–H groups in total. The van der Waals surface area contributed by atoms with Crippen molar-refractivity contribution >= 4 is 27.7 Å². The summed E-state index contributed by atoms with van der Waals surface area (Å²) in [5, 5.41) is 0.185. The molecule has 8 atom stereocenters. The first-order chi connectivity index (χ1) is 17.0. The van der Waals surface area contributed by atoms with E-state index in [1.165, 1.54) is 43.0 Å². The fourth-order valence-electron chi connectivity index (χ4n) is 7.68. The van der Waals surface area contributed by atoms with Gasteiger partial charge in [0.1, 0.15) is 0 Å². The van der Waals surface area contributed by atoms with Crippen molar-refractivity contribution in [1.82, 2.24) is 0 Å². The van der Waals surface area contributed by atoms with Gasteiger partial charge in [0.2, 0.25) is 0 Å². The molecule has 3 aliphatic carbocycles. The maximum atomic E-state index is 7.59. The minimum atomic E-state index is -1.99. The van der Waals surface area contributed by atoms with Crippen LogP contribution >= 0.6 is 0 Å². The molecular weight excluding hydrogens is 531 g/mol. The van der Waals surface area contributed by atoms with E-state index >= 15 is 0 Å². The Labute approximate surface area is 226 Å². The third kappa shape index (κ3) is 4.41. The zero-order valence-corrected chi connectivity index (χ0v) is 26.3. The number of hydrogen-bond donors (Lipinski definition) is 0. The third-order valence-electron chi connectivity index (χ3n) is 10.2. The Balaban J connectivity index is 1.65. The second-order valence-electron chi connectivity index (χ2n) is 13.4. The molecule has 1 heterocycles. The predicted molar refractivity (Wildman–Crippen MR) is 149 cm³/mol. The average molecular weight is 580 g/mol. The van der Waals surface area contributed by atoms with Gasteiger partial charge in [-0.25, -0.2) is 0 Å². The topological polar surface area (TPSA) is 36.9 Å². The van der Waals surface area contributed by atoms with Gasteiger partial charge in [-0.1, -0.05) is 0 Å². The molecule has 2 bridgehead atoms. The molecular formula is C30H48O4SeSi. The molecule has 1 aromatic carbocycles. The van der Waals surface area contributed by atoms with Crippen LogP contribution in [0.4, 0.5) is 0 Å². The molecule has 0 amide bonds. The van der Waals surface area contributed by atoms with E-state index in [1.807, 2.05) is 6.92 Å². The monoisotopic (exact) mass is 580 g/mol. The molecule has 4 fully saturated rings. The zero-order chi connectivity index (χ0) is 25.8. The predicted octanol–water partition coefficient (Wildman–Crippen LogP) is 6.68. The molecule has 6 heteroatoms. The summed E-state index contributed by atoms with van der Waals surface area (Å²) in [5.74, 6) is 1.04. The summed E-state index contributed by atoms with van der Waals surface area (Å²) >= 11 is 0.300. The fourth-order valence-corrected chi connectivity index (χ4v) is 12.2. The summed E-state index contributed by atoms with van der Waals surface area (Å²) in [6.07, 6.45) is 8.96. The van der Waals surface area contributed by atoms with Crippen molar-refractivity contribution in [3.63, 3.8) is 0 Å². The molecule has 1 saturated heterocycles. The van der Waals surface area contributed by atoms with Gasteiger partial charge in [0.05, 0.1) is 0 Å². The van der Waals surface area contributed by atoms with E-state index in [1.54, 1.807) is 0 Å². The Morgan fingerprint density at radius 3 is 2.53 bits per heavy atom. The first-order valence-corrected chi connectivity index (χ1v) is 19.1. The van der Waals surface area contributed by atoms with Gasteiger partial charge in [-0.15, -0.1) is 0 Å². The standard InChI is InChI=1S/C30H48O4SeSi/c1-8-31-27-32-25-21(2)20-29-19-13-12-14-22(26(29)34-36(6,7)28(3,4)5)17-18-24(30(25,29)33-27)35-23-15-10-9-11-16-23/h9-11,15-16,21-22,24-27H,8,12-14,17-20H2,1-7H3/t21-,22?,24+,25+,26?,27?,29?,30+/m1/s1. The number of hydrogen-bond acceptors (Lipinski definition) is 4. The van der Waals surface area contributed by atoms with Crippen LogP contribution in [0, 0.1) is 17.3 Å². The molecule has 0 radical (unpaired) electrons. The molecule has 36 heavy (non-hydrogen) atoms. The van der Waals surface area contributed by atoms with Gasteiger partial charge in [0.15, 0.2) is 0 Å². The fraction of sp³-hybridized carbons (Fsp3) is 0.800. The molecule has 202 valence electrons. The summed E-state index contributed by atoms with van der Waals surface area (Å²) in [4.78, 5) is 0.460. The van der Waals surface area contributed by atoms with Crippen LogP contribution in [0.2, 0.25) is 22.9 Å². The maximum absolute atomic E-state index is 7.59.